The molecule has 1 unspecified atom stereocenters. The van der Waals surface area contributed by atoms with Crippen molar-refractivity contribution in [2.75, 3.05) is 0 Å². The van der Waals surface area contributed by atoms with Crippen molar-refractivity contribution >= 4 is 13.9 Å². The molecule has 0 aromatic carbocycles. The second-order valence-corrected chi connectivity index (χ2v) is 8.65. The third-order valence-electron chi connectivity index (χ3n) is 1.29. The Bertz CT molecular complexity index is 146. The minimum absolute atomic E-state index is 0.251. The summed E-state index contributed by atoms with van der Waals surface area (Å²) in [6.45, 7) is 9.14. The maximum atomic E-state index is 10.8. The number of hydrogen-bond donors (Lipinski definition) is 1. The summed E-state index contributed by atoms with van der Waals surface area (Å²) in [5, 5.41) is 9.30. The van der Waals surface area contributed by atoms with Gasteiger partial charge < -0.3 is 5.11 Å². The van der Waals surface area contributed by atoms with Gasteiger partial charge in [-0.05, 0) is 6.08 Å². The number of carbonyl (C=O) groups is 1. The molecule has 0 amide bonds. The zero-order valence-electron chi connectivity index (χ0n) is 6.72. The van der Waals surface area contributed by atoms with Gasteiger partial charge in [-0.15, -0.1) is 0 Å². The van der Waals surface area contributed by atoms with Crippen molar-refractivity contribution in [3.63, 3.8) is 0 Å². The lowest BCUT2D eigenvalue weighted by atomic mass is 10.4. The summed E-state index contributed by atoms with van der Waals surface area (Å²) in [7, 11) is -1.71. The van der Waals surface area contributed by atoms with Gasteiger partial charge in [-0.3, -0.25) is 4.79 Å². The van der Waals surface area contributed by atoms with Gasteiger partial charge >= 0.3 is 0 Å². The van der Waals surface area contributed by atoms with E-state index in [1.807, 2.05) is 19.6 Å². The number of aliphatic hydroxyl groups is 1. The van der Waals surface area contributed by atoms with Crippen molar-refractivity contribution in [1.29, 1.82) is 0 Å². The summed E-state index contributed by atoms with van der Waals surface area (Å²) in [6.07, 6.45) is 1.18. The molecule has 1 atom stereocenters. The molecule has 0 aromatic rings. The molecule has 0 saturated carbocycles. The molecule has 3 heteroatoms. The Hall–Kier alpha value is -0.413. The highest BCUT2D eigenvalue weighted by Crippen LogP contribution is 2.08. The standard InChI is InChI=1S/C7H14O2Si/c1-5-6(8)7(9)10(2,3)4/h5,7,9H,1H2,2-4H3. The fraction of sp³-hybridized carbons (Fsp3) is 0.571. The minimum atomic E-state index is -1.71. The van der Waals surface area contributed by atoms with Crippen molar-refractivity contribution in [2.24, 2.45) is 0 Å². The monoisotopic (exact) mass is 158 g/mol. The largest absolute Gasteiger partial charge is 0.389 e. The molecule has 2 nitrogen and oxygen atoms in total. The van der Waals surface area contributed by atoms with Crippen LogP contribution in [-0.2, 0) is 4.79 Å². The lowest BCUT2D eigenvalue weighted by Crippen LogP contribution is -2.43. The summed E-state index contributed by atoms with van der Waals surface area (Å²) in [5.74, 6) is -0.251. The first-order valence-corrected chi connectivity index (χ1v) is 6.81. The van der Waals surface area contributed by atoms with Gasteiger partial charge in [0.1, 0.15) is 5.73 Å². The molecular formula is C7H14O2Si. The summed E-state index contributed by atoms with van der Waals surface area (Å²) in [6, 6.07) is 0. The van der Waals surface area contributed by atoms with E-state index in [0.717, 1.165) is 0 Å². The fourth-order valence-electron chi connectivity index (χ4n) is 0.538. The predicted molar refractivity (Wildman–Crippen MR) is 44.6 cm³/mol. The van der Waals surface area contributed by atoms with Crippen LogP contribution in [0.5, 0.6) is 0 Å². The Morgan fingerprint density at radius 1 is 1.60 bits per heavy atom. The van der Waals surface area contributed by atoms with Crippen LogP contribution in [0.4, 0.5) is 0 Å². The summed E-state index contributed by atoms with van der Waals surface area (Å²) in [4.78, 5) is 10.8. The second kappa shape index (κ2) is 3.12. The van der Waals surface area contributed by atoms with Crippen LogP contribution in [0, 0.1) is 0 Å². The highest BCUT2D eigenvalue weighted by molar-refractivity contribution is 6.80. The van der Waals surface area contributed by atoms with Gasteiger partial charge in [0.05, 0.1) is 8.07 Å². The maximum Gasteiger partial charge on any atom is 0.180 e. The van der Waals surface area contributed by atoms with Gasteiger partial charge in [-0.1, -0.05) is 26.2 Å². The van der Waals surface area contributed by atoms with E-state index in [0.29, 0.717) is 0 Å². The highest BCUT2D eigenvalue weighted by Gasteiger charge is 2.28. The molecule has 10 heavy (non-hydrogen) atoms. The van der Waals surface area contributed by atoms with Crippen LogP contribution in [0.15, 0.2) is 12.7 Å². The Morgan fingerprint density at radius 2 is 2.00 bits per heavy atom. The van der Waals surface area contributed by atoms with Crippen LogP contribution >= 0.6 is 0 Å². The van der Waals surface area contributed by atoms with Gasteiger partial charge in [0.25, 0.3) is 0 Å². The van der Waals surface area contributed by atoms with Crippen LogP contribution in [0.2, 0.25) is 19.6 Å². The lowest BCUT2D eigenvalue weighted by Gasteiger charge is -2.20. The van der Waals surface area contributed by atoms with Gasteiger partial charge in [0, 0.05) is 0 Å². The van der Waals surface area contributed by atoms with Gasteiger partial charge in [0.15, 0.2) is 5.78 Å². The van der Waals surface area contributed by atoms with Gasteiger partial charge in [-0.25, -0.2) is 0 Å². The summed E-state index contributed by atoms with van der Waals surface area (Å²) in [5.41, 5.74) is -0.787. The molecule has 0 rings (SSSR count). The normalized spacial score (nSPS) is 14.4. The van der Waals surface area contributed by atoms with Gasteiger partial charge in [0.2, 0.25) is 0 Å². The van der Waals surface area contributed by atoms with E-state index in [2.05, 4.69) is 6.58 Å². The SMILES string of the molecule is C=CC(=O)C(O)[Si](C)(C)C. The summed E-state index contributed by atoms with van der Waals surface area (Å²) >= 11 is 0. The molecule has 0 heterocycles. The van der Waals surface area contributed by atoms with Crippen LogP contribution in [0.3, 0.4) is 0 Å². The molecule has 0 spiro atoms. The molecule has 0 aromatic heterocycles. The lowest BCUT2D eigenvalue weighted by molar-refractivity contribution is -0.119. The fourth-order valence-corrected chi connectivity index (χ4v) is 1.51. The highest BCUT2D eigenvalue weighted by atomic mass is 28.3. The Kier molecular flexibility index (Phi) is 2.99. The molecule has 0 bridgehead atoms. The van der Waals surface area contributed by atoms with E-state index in [9.17, 15) is 9.90 Å². The van der Waals surface area contributed by atoms with E-state index < -0.39 is 13.8 Å². The molecule has 0 radical (unpaired) electrons. The van der Waals surface area contributed by atoms with Crippen molar-refractivity contribution in [1.82, 2.24) is 0 Å². The smallest absolute Gasteiger partial charge is 0.180 e. The Balaban J connectivity index is 4.21. The number of aliphatic hydroxyl groups excluding tert-OH is 1. The molecule has 1 N–H and O–H groups in total. The number of carbonyl (C=O) groups excluding carboxylic acids is 1. The van der Waals surface area contributed by atoms with E-state index >= 15 is 0 Å². The average Bonchev–Trinajstić information content (AvgIpc) is 1.83. The molecule has 0 saturated heterocycles. The predicted octanol–water partition coefficient (Wildman–Crippen LogP) is 0.980. The molecule has 0 aliphatic heterocycles. The van der Waals surface area contributed by atoms with Crippen molar-refractivity contribution in [2.45, 2.75) is 25.4 Å². The van der Waals surface area contributed by atoms with Crippen LogP contribution in [-0.4, -0.2) is 24.7 Å². The third kappa shape index (κ3) is 2.45. The minimum Gasteiger partial charge on any atom is -0.389 e. The first-order valence-electron chi connectivity index (χ1n) is 3.24. The number of ketones is 1. The van der Waals surface area contributed by atoms with Crippen molar-refractivity contribution in [3.8, 4) is 0 Å². The zero-order chi connectivity index (χ0) is 8.36. The van der Waals surface area contributed by atoms with Crippen LogP contribution < -0.4 is 0 Å². The number of hydrogen-bond acceptors (Lipinski definition) is 2. The third-order valence-corrected chi connectivity index (χ3v) is 3.22. The molecule has 0 aliphatic rings. The van der Waals surface area contributed by atoms with Crippen molar-refractivity contribution < 1.29 is 9.90 Å². The first-order chi connectivity index (χ1) is 4.39. The van der Waals surface area contributed by atoms with E-state index in [4.69, 9.17) is 0 Å². The Labute approximate surface area is 62.6 Å². The molecule has 0 fully saturated rings. The average molecular weight is 158 g/mol. The first kappa shape index (κ1) is 9.59. The second-order valence-electron chi connectivity index (χ2n) is 3.38. The quantitative estimate of drug-likeness (QED) is 0.491. The summed E-state index contributed by atoms with van der Waals surface area (Å²) < 4.78 is 0. The number of rotatable bonds is 3. The van der Waals surface area contributed by atoms with E-state index in [-0.39, 0.29) is 5.78 Å². The topological polar surface area (TPSA) is 37.3 Å². The van der Waals surface area contributed by atoms with E-state index in [1.54, 1.807) is 0 Å². The molecular weight excluding hydrogens is 144 g/mol. The van der Waals surface area contributed by atoms with E-state index in [1.165, 1.54) is 6.08 Å². The molecule has 58 valence electrons. The van der Waals surface area contributed by atoms with Crippen molar-refractivity contribution in [3.05, 3.63) is 12.7 Å². The maximum absolute atomic E-state index is 10.8. The van der Waals surface area contributed by atoms with Gasteiger partial charge in [-0.2, -0.15) is 0 Å². The zero-order valence-corrected chi connectivity index (χ0v) is 7.72. The van der Waals surface area contributed by atoms with Crippen LogP contribution in [0.1, 0.15) is 0 Å². The van der Waals surface area contributed by atoms with Crippen LogP contribution in [0.25, 0.3) is 0 Å². The Morgan fingerprint density at radius 3 is 2.10 bits per heavy atom. The molecule has 0 aliphatic carbocycles.